The van der Waals surface area contributed by atoms with E-state index >= 15 is 0 Å². The number of aryl methyl sites for hydroxylation is 1. The fraction of sp³-hybridized carbons (Fsp3) is 0.231. The van der Waals surface area contributed by atoms with Crippen LogP contribution in [0.3, 0.4) is 0 Å². The second kappa shape index (κ2) is 13.0. The number of benzene rings is 1. The Kier molecular flexibility index (Phi) is 8.29. The molecule has 0 saturated heterocycles. The first-order valence-corrected chi connectivity index (χ1v) is 12.1. The number of ether oxygens (including phenoxy) is 2. The zero-order chi connectivity index (χ0) is 29.4. The predicted octanol–water partition coefficient (Wildman–Crippen LogP) is 6.11. The van der Waals surface area contributed by atoms with Crippen molar-refractivity contribution in [3.05, 3.63) is 85.6 Å². The van der Waals surface area contributed by atoms with Gasteiger partial charge in [0, 0.05) is 24.8 Å². The number of esters is 1. The van der Waals surface area contributed by atoms with Crippen LogP contribution < -0.4 is 10.4 Å². The Bertz CT molecular complexity index is 1510. The Morgan fingerprint density at radius 1 is 1.32 bits per heavy atom. The minimum Gasteiger partial charge on any atom is -0.507 e. The van der Waals surface area contributed by atoms with Crippen LogP contribution >= 0.6 is 22.9 Å². The summed E-state index contributed by atoms with van der Waals surface area (Å²) in [4.78, 5) is 41.3. The minimum atomic E-state index is -2.78. The minimum absolute atomic E-state index is 0.106. The van der Waals surface area contributed by atoms with Gasteiger partial charge in [-0.05, 0) is 43.5 Å². The quantitative estimate of drug-likeness (QED) is 0.0998. The molecule has 37 heavy (non-hydrogen) atoms. The zero-order valence-electron chi connectivity index (χ0n) is 22.5. The second-order valence-electron chi connectivity index (χ2n) is 7.67. The summed E-state index contributed by atoms with van der Waals surface area (Å²) in [6, 6.07) is 5.04. The molecule has 2 aromatic heterocycles. The summed E-state index contributed by atoms with van der Waals surface area (Å²) in [5.74, 6) is -2.27. The lowest BCUT2D eigenvalue weighted by molar-refractivity contribution is -0.139. The number of hydrogen-bond acceptors (Lipinski definition) is 9. The van der Waals surface area contributed by atoms with E-state index in [1.54, 1.807) is 6.08 Å². The third kappa shape index (κ3) is 7.86. The summed E-state index contributed by atoms with van der Waals surface area (Å²) < 4.78 is 48.9. The average molecular weight is 551 g/mol. The first-order chi connectivity index (χ1) is 18.8. The van der Waals surface area contributed by atoms with Crippen LogP contribution in [0.4, 0.5) is 4.39 Å². The number of thiazole rings is 1. The van der Waals surface area contributed by atoms with Gasteiger partial charge >= 0.3 is 11.6 Å². The number of allylic oxidation sites excluding steroid dienone is 2. The molecule has 0 radical (unpaired) electrons. The average Bonchev–Trinajstić information content (AvgIpc) is 3.28. The number of carbonyl (C=O) groups is 2. The van der Waals surface area contributed by atoms with Crippen LogP contribution in [0.1, 0.15) is 51.3 Å². The highest BCUT2D eigenvalue weighted by atomic mass is 35.5. The fourth-order valence-electron chi connectivity index (χ4n) is 3.10. The van der Waals surface area contributed by atoms with Gasteiger partial charge in [-0.3, -0.25) is 9.59 Å². The number of halogens is 2. The molecule has 3 rings (SSSR count). The summed E-state index contributed by atoms with van der Waals surface area (Å²) in [6.07, 6.45) is 7.05. The maximum Gasteiger partial charge on any atom is 0.351 e. The second-order valence-corrected chi connectivity index (χ2v) is 9.10. The van der Waals surface area contributed by atoms with Crippen LogP contribution in [0.2, 0.25) is 5.02 Å². The van der Waals surface area contributed by atoms with Crippen molar-refractivity contribution in [1.82, 2.24) is 4.98 Å². The Balaban J connectivity index is 1.58. The van der Waals surface area contributed by atoms with Crippen molar-refractivity contribution in [2.45, 2.75) is 32.6 Å². The summed E-state index contributed by atoms with van der Waals surface area (Å²) in [6.45, 7) is 1.47. The SMILES string of the molecule is [2H]C([2H])([2H])OC(=O)C/C=C/CCCc1cc(O)c(C(=O)/C(C)=C/c2cnc(Oc3ccc(F)c(Cl)c3)s2)c(=O)o1. The van der Waals surface area contributed by atoms with E-state index < -0.39 is 41.5 Å². The highest BCUT2D eigenvalue weighted by Gasteiger charge is 2.21. The van der Waals surface area contributed by atoms with Gasteiger partial charge in [0.25, 0.3) is 5.19 Å². The molecule has 0 unspecified atom stereocenters. The first kappa shape index (κ1) is 23.6. The summed E-state index contributed by atoms with van der Waals surface area (Å²) in [7, 11) is -2.78. The molecule has 0 aliphatic rings. The lowest BCUT2D eigenvalue weighted by Gasteiger charge is -2.05. The number of ketones is 1. The van der Waals surface area contributed by atoms with Crippen LogP contribution in [0.5, 0.6) is 16.7 Å². The standard InChI is InChI=1S/C26H23ClFNO7S/c1-15(11-18-14-29-26(37-18)36-17-9-10-20(28)19(27)12-17)24(32)23-21(30)13-16(35-25(23)33)7-5-3-4-6-8-22(31)34-2/h4,6,9-14,30H,3,5,7-8H2,1-2H3/b6-4+,15-11+/i2D3. The van der Waals surface area contributed by atoms with E-state index in [4.69, 9.17) is 24.9 Å². The topological polar surface area (TPSA) is 116 Å². The fourth-order valence-corrected chi connectivity index (χ4v) is 4.05. The monoisotopic (exact) mass is 550 g/mol. The van der Waals surface area contributed by atoms with E-state index in [9.17, 15) is 23.9 Å². The molecule has 2 heterocycles. The number of aromatic hydroxyl groups is 1. The van der Waals surface area contributed by atoms with Crippen LogP contribution in [-0.2, 0) is 16.0 Å². The van der Waals surface area contributed by atoms with Crippen molar-refractivity contribution in [2.75, 3.05) is 7.04 Å². The summed E-state index contributed by atoms with van der Waals surface area (Å²) >= 11 is 6.84. The van der Waals surface area contributed by atoms with Crippen molar-refractivity contribution in [3.8, 4) is 16.7 Å². The molecule has 1 N–H and O–H groups in total. The predicted molar refractivity (Wildman–Crippen MR) is 137 cm³/mol. The molecular formula is C26H23ClFNO7S. The molecule has 0 bridgehead atoms. The highest BCUT2D eigenvalue weighted by Crippen LogP contribution is 2.30. The van der Waals surface area contributed by atoms with Gasteiger partial charge < -0.3 is 19.0 Å². The van der Waals surface area contributed by atoms with Crippen LogP contribution in [0.25, 0.3) is 6.08 Å². The normalized spacial score (nSPS) is 13.2. The molecule has 0 amide bonds. The number of Topliss-reactive ketones (excluding diaryl/α,β-unsaturated/α-hetero) is 1. The van der Waals surface area contributed by atoms with E-state index in [0.717, 1.165) is 17.4 Å². The molecule has 8 nitrogen and oxygen atoms in total. The number of hydrogen-bond donors (Lipinski definition) is 1. The molecule has 1 aromatic carbocycles. The van der Waals surface area contributed by atoms with Gasteiger partial charge in [-0.15, -0.1) is 0 Å². The van der Waals surface area contributed by atoms with E-state index in [-0.39, 0.29) is 40.1 Å². The van der Waals surface area contributed by atoms with Gasteiger partial charge in [0.05, 0.1) is 27.5 Å². The van der Waals surface area contributed by atoms with E-state index in [1.165, 1.54) is 43.5 Å². The van der Waals surface area contributed by atoms with Gasteiger partial charge in [0.1, 0.15) is 28.6 Å². The Morgan fingerprint density at radius 2 is 2.14 bits per heavy atom. The smallest absolute Gasteiger partial charge is 0.351 e. The van der Waals surface area contributed by atoms with Crippen LogP contribution in [0, 0.1) is 5.82 Å². The van der Waals surface area contributed by atoms with Gasteiger partial charge in [0.15, 0.2) is 5.78 Å². The number of rotatable bonds is 11. The van der Waals surface area contributed by atoms with E-state index in [2.05, 4.69) is 9.72 Å². The number of nitrogens with zero attached hydrogens (tertiary/aromatic N) is 1. The van der Waals surface area contributed by atoms with Crippen LogP contribution in [0.15, 0.2) is 57.4 Å². The van der Waals surface area contributed by atoms with E-state index in [0.29, 0.717) is 17.7 Å². The molecule has 0 aliphatic carbocycles. The molecule has 0 fully saturated rings. The van der Waals surface area contributed by atoms with Crippen molar-refractivity contribution < 1.29 is 37.1 Å². The molecule has 3 aromatic rings. The number of aromatic nitrogens is 1. The largest absolute Gasteiger partial charge is 0.507 e. The third-order valence-corrected chi connectivity index (χ3v) is 6.00. The molecule has 0 aliphatic heterocycles. The van der Waals surface area contributed by atoms with Crippen molar-refractivity contribution in [3.63, 3.8) is 0 Å². The number of carbonyl (C=O) groups excluding carboxylic acids is 2. The Labute approximate surface area is 224 Å². The molecule has 11 heteroatoms. The van der Waals surface area contributed by atoms with Crippen molar-refractivity contribution >= 4 is 40.8 Å². The lowest BCUT2D eigenvalue weighted by atomic mass is 10.0. The molecular weight excluding hydrogens is 525 g/mol. The summed E-state index contributed by atoms with van der Waals surface area (Å²) in [5, 5.41) is 10.5. The zero-order valence-corrected chi connectivity index (χ0v) is 21.0. The van der Waals surface area contributed by atoms with Gasteiger partial charge in [-0.2, -0.15) is 0 Å². The summed E-state index contributed by atoms with van der Waals surface area (Å²) in [5.41, 5.74) is -1.36. The Hall–Kier alpha value is -3.76. The lowest BCUT2D eigenvalue weighted by Crippen LogP contribution is -2.16. The molecule has 0 spiro atoms. The van der Waals surface area contributed by atoms with Crippen LogP contribution in [-0.4, -0.2) is 28.9 Å². The number of unbranched alkanes of at least 4 members (excludes halogenated alkanes) is 1. The highest BCUT2D eigenvalue weighted by molar-refractivity contribution is 7.14. The van der Waals surface area contributed by atoms with Gasteiger partial charge in [-0.25, -0.2) is 14.2 Å². The van der Waals surface area contributed by atoms with E-state index in [1.807, 2.05) is 0 Å². The first-order valence-electron chi connectivity index (χ1n) is 12.4. The van der Waals surface area contributed by atoms with Gasteiger partial charge in [0.2, 0.25) is 0 Å². The molecule has 0 saturated carbocycles. The maximum atomic E-state index is 13.3. The molecule has 194 valence electrons. The van der Waals surface area contributed by atoms with Crippen molar-refractivity contribution in [2.24, 2.45) is 0 Å². The number of methoxy groups -OCH3 is 1. The Morgan fingerprint density at radius 3 is 2.86 bits per heavy atom. The molecule has 0 atom stereocenters. The third-order valence-electron chi connectivity index (χ3n) is 4.88. The maximum absolute atomic E-state index is 13.3. The van der Waals surface area contributed by atoms with Gasteiger partial charge in [-0.1, -0.05) is 35.1 Å². The van der Waals surface area contributed by atoms with Crippen molar-refractivity contribution in [1.29, 1.82) is 0 Å².